The zero-order valence-corrected chi connectivity index (χ0v) is 16.8. The molecule has 144 valence electrons. The first kappa shape index (κ1) is 19.4. The van der Waals surface area contributed by atoms with Crippen LogP contribution < -0.4 is 4.72 Å². The van der Waals surface area contributed by atoms with E-state index in [1.807, 2.05) is 43.9 Å². The predicted molar refractivity (Wildman–Crippen MR) is 107 cm³/mol. The minimum Gasteiger partial charge on any atom is -0.341 e. The molecule has 1 amide bonds. The van der Waals surface area contributed by atoms with Gasteiger partial charge in [0, 0.05) is 31.1 Å². The lowest BCUT2D eigenvalue weighted by Crippen LogP contribution is -2.48. The first-order chi connectivity index (χ1) is 12.8. The molecule has 0 radical (unpaired) electrons. The summed E-state index contributed by atoms with van der Waals surface area (Å²) >= 11 is 0. The molecule has 0 aliphatic carbocycles. The molecule has 1 fully saturated rings. The number of carbonyl (C=O) groups excluding carboxylic acids is 1. The number of nitrogens with one attached hydrogen (secondary N) is 1. The fourth-order valence-electron chi connectivity index (χ4n) is 3.19. The van der Waals surface area contributed by atoms with E-state index in [1.165, 1.54) is 0 Å². The van der Waals surface area contributed by atoms with E-state index in [9.17, 15) is 13.2 Å². The van der Waals surface area contributed by atoms with Crippen molar-refractivity contribution in [1.29, 1.82) is 0 Å². The van der Waals surface area contributed by atoms with Crippen molar-refractivity contribution in [3.8, 4) is 0 Å². The second-order valence-corrected chi connectivity index (χ2v) is 8.99. The SMILES string of the molecule is CCC(=O)N1CC(c2ccc(NS(=O)(=O)c3cccc(C(C)C)c3)cc2)C1. The van der Waals surface area contributed by atoms with Gasteiger partial charge in [0.1, 0.15) is 0 Å². The van der Waals surface area contributed by atoms with Gasteiger partial charge in [-0.05, 0) is 41.3 Å². The van der Waals surface area contributed by atoms with Gasteiger partial charge in [0.25, 0.3) is 10.0 Å². The van der Waals surface area contributed by atoms with Crippen LogP contribution in [0.5, 0.6) is 0 Å². The highest BCUT2D eigenvalue weighted by atomic mass is 32.2. The Hall–Kier alpha value is -2.34. The summed E-state index contributed by atoms with van der Waals surface area (Å²) in [5.74, 6) is 0.772. The molecule has 0 aromatic heterocycles. The third-order valence-electron chi connectivity index (χ3n) is 5.01. The van der Waals surface area contributed by atoms with E-state index in [4.69, 9.17) is 0 Å². The van der Waals surface area contributed by atoms with Crippen molar-refractivity contribution in [1.82, 2.24) is 4.90 Å². The molecule has 1 aliphatic rings. The summed E-state index contributed by atoms with van der Waals surface area (Å²) in [6.07, 6.45) is 0.533. The topological polar surface area (TPSA) is 66.5 Å². The molecule has 6 heteroatoms. The lowest BCUT2D eigenvalue weighted by molar-refractivity contribution is -0.135. The maximum Gasteiger partial charge on any atom is 0.261 e. The molecule has 2 aromatic rings. The Morgan fingerprint density at radius 1 is 1.15 bits per heavy atom. The highest BCUT2D eigenvalue weighted by Crippen LogP contribution is 2.29. The highest BCUT2D eigenvalue weighted by molar-refractivity contribution is 7.92. The molecule has 0 unspecified atom stereocenters. The van der Waals surface area contributed by atoms with Crippen LogP contribution in [0.4, 0.5) is 5.69 Å². The molecular weight excluding hydrogens is 360 g/mol. The summed E-state index contributed by atoms with van der Waals surface area (Å²) in [6.45, 7) is 7.41. The molecule has 3 rings (SSSR count). The van der Waals surface area contributed by atoms with Gasteiger partial charge in [-0.3, -0.25) is 9.52 Å². The van der Waals surface area contributed by atoms with E-state index >= 15 is 0 Å². The molecule has 27 heavy (non-hydrogen) atoms. The molecule has 1 N–H and O–H groups in total. The number of likely N-dealkylation sites (tertiary alicyclic amines) is 1. The lowest BCUT2D eigenvalue weighted by Gasteiger charge is -2.39. The average molecular weight is 387 g/mol. The van der Waals surface area contributed by atoms with Crippen LogP contribution in [-0.4, -0.2) is 32.3 Å². The van der Waals surface area contributed by atoms with Crippen molar-refractivity contribution < 1.29 is 13.2 Å². The highest BCUT2D eigenvalue weighted by Gasteiger charge is 2.30. The monoisotopic (exact) mass is 386 g/mol. The third-order valence-corrected chi connectivity index (χ3v) is 6.39. The lowest BCUT2D eigenvalue weighted by atomic mass is 9.91. The van der Waals surface area contributed by atoms with E-state index in [0.29, 0.717) is 18.0 Å². The van der Waals surface area contributed by atoms with Gasteiger partial charge in [-0.25, -0.2) is 8.42 Å². The van der Waals surface area contributed by atoms with Crippen molar-refractivity contribution in [2.24, 2.45) is 0 Å². The maximum absolute atomic E-state index is 12.7. The molecule has 1 heterocycles. The smallest absolute Gasteiger partial charge is 0.261 e. The van der Waals surface area contributed by atoms with Gasteiger partial charge in [-0.2, -0.15) is 0 Å². The van der Waals surface area contributed by atoms with E-state index in [-0.39, 0.29) is 16.7 Å². The van der Waals surface area contributed by atoms with Crippen LogP contribution in [0.25, 0.3) is 0 Å². The van der Waals surface area contributed by atoms with E-state index in [1.54, 1.807) is 30.3 Å². The zero-order valence-electron chi connectivity index (χ0n) is 16.0. The standard InChI is InChI=1S/C21H26N2O3S/c1-4-21(24)23-13-18(14-23)16-8-10-19(11-9-16)22-27(25,26)20-7-5-6-17(12-20)15(2)3/h5-12,15,18,22H,4,13-14H2,1-3H3. The summed E-state index contributed by atoms with van der Waals surface area (Å²) in [4.78, 5) is 13.8. The molecule has 0 saturated carbocycles. The van der Waals surface area contributed by atoms with Crippen LogP contribution >= 0.6 is 0 Å². The van der Waals surface area contributed by atoms with Crippen LogP contribution in [-0.2, 0) is 14.8 Å². The number of carbonyl (C=O) groups is 1. The number of rotatable bonds is 6. The molecule has 1 aliphatic heterocycles. The van der Waals surface area contributed by atoms with E-state index in [2.05, 4.69) is 4.72 Å². The summed E-state index contributed by atoms with van der Waals surface area (Å²) in [5, 5.41) is 0. The zero-order chi connectivity index (χ0) is 19.6. The Bertz CT molecular complexity index is 915. The largest absolute Gasteiger partial charge is 0.341 e. The third kappa shape index (κ3) is 4.33. The summed E-state index contributed by atoms with van der Waals surface area (Å²) < 4.78 is 28.0. The van der Waals surface area contributed by atoms with Crippen molar-refractivity contribution in [2.75, 3.05) is 17.8 Å². The van der Waals surface area contributed by atoms with Crippen LogP contribution in [0.2, 0.25) is 0 Å². The minimum absolute atomic E-state index is 0.180. The molecule has 0 spiro atoms. The summed E-state index contributed by atoms with van der Waals surface area (Å²) in [6, 6.07) is 14.5. The predicted octanol–water partition coefficient (Wildman–Crippen LogP) is 3.95. The Labute approximate surface area is 161 Å². The number of anilines is 1. The van der Waals surface area contributed by atoms with Gasteiger partial charge < -0.3 is 4.90 Å². The normalized spacial score (nSPS) is 14.9. The summed E-state index contributed by atoms with van der Waals surface area (Å²) in [5.41, 5.74) is 2.65. The minimum atomic E-state index is -3.62. The van der Waals surface area contributed by atoms with Crippen molar-refractivity contribution in [3.63, 3.8) is 0 Å². The van der Waals surface area contributed by atoms with Crippen molar-refractivity contribution in [3.05, 3.63) is 59.7 Å². The van der Waals surface area contributed by atoms with Gasteiger partial charge in [0.15, 0.2) is 0 Å². The molecule has 2 aromatic carbocycles. The first-order valence-corrected chi connectivity index (χ1v) is 10.8. The van der Waals surface area contributed by atoms with Gasteiger partial charge >= 0.3 is 0 Å². The van der Waals surface area contributed by atoms with Gasteiger partial charge in [0.05, 0.1) is 4.90 Å². The van der Waals surface area contributed by atoms with Crippen LogP contribution in [0, 0.1) is 0 Å². The Morgan fingerprint density at radius 2 is 1.81 bits per heavy atom. The first-order valence-electron chi connectivity index (χ1n) is 9.30. The van der Waals surface area contributed by atoms with Crippen LogP contribution in [0.1, 0.15) is 50.2 Å². The quantitative estimate of drug-likeness (QED) is 0.817. The summed E-state index contributed by atoms with van der Waals surface area (Å²) in [7, 11) is -3.62. The number of nitrogens with zero attached hydrogens (tertiary/aromatic N) is 1. The maximum atomic E-state index is 12.7. The van der Waals surface area contributed by atoms with E-state index in [0.717, 1.165) is 24.2 Å². The Kier molecular flexibility index (Phi) is 5.56. The van der Waals surface area contributed by atoms with Gasteiger partial charge in [-0.1, -0.05) is 45.0 Å². The molecule has 0 bridgehead atoms. The number of sulfonamides is 1. The van der Waals surface area contributed by atoms with Crippen molar-refractivity contribution in [2.45, 2.75) is 43.9 Å². The second kappa shape index (κ2) is 7.72. The van der Waals surface area contributed by atoms with Crippen molar-refractivity contribution >= 4 is 21.6 Å². The number of hydrogen-bond donors (Lipinski definition) is 1. The molecule has 0 atom stereocenters. The van der Waals surface area contributed by atoms with E-state index < -0.39 is 10.0 Å². The number of benzene rings is 2. The number of amides is 1. The fourth-order valence-corrected chi connectivity index (χ4v) is 4.31. The van der Waals surface area contributed by atoms with Crippen LogP contribution in [0.15, 0.2) is 53.4 Å². The Balaban J connectivity index is 1.68. The molecule has 5 nitrogen and oxygen atoms in total. The van der Waals surface area contributed by atoms with Gasteiger partial charge in [-0.15, -0.1) is 0 Å². The van der Waals surface area contributed by atoms with Crippen LogP contribution in [0.3, 0.4) is 0 Å². The molecular formula is C21H26N2O3S. The van der Waals surface area contributed by atoms with Gasteiger partial charge in [0.2, 0.25) is 5.91 Å². The Morgan fingerprint density at radius 3 is 2.41 bits per heavy atom. The molecule has 1 saturated heterocycles. The fraction of sp³-hybridized carbons (Fsp3) is 0.381. The number of hydrogen-bond acceptors (Lipinski definition) is 3. The average Bonchev–Trinajstić information content (AvgIpc) is 2.61. The second-order valence-electron chi connectivity index (χ2n) is 7.30.